The van der Waals surface area contributed by atoms with Gasteiger partial charge in [0, 0.05) is 31.2 Å². The first kappa shape index (κ1) is 20.0. The number of hydrogen-bond donors (Lipinski definition) is 3. The quantitative estimate of drug-likeness (QED) is 0.551. The number of nitrogens with two attached hydrogens (primary N) is 1. The number of nitrogens with one attached hydrogen (secondary N) is 1. The van der Waals surface area contributed by atoms with E-state index in [1.54, 1.807) is 24.3 Å². The number of carbonyl (C=O) groups is 2. The molecule has 1 fully saturated rings. The number of aromatic nitrogens is 3. The summed E-state index contributed by atoms with van der Waals surface area (Å²) in [6, 6.07) is 8.58. The number of aromatic hydroxyl groups is 1. The molecule has 1 saturated heterocycles. The van der Waals surface area contributed by atoms with Crippen molar-refractivity contribution in [2.45, 2.75) is 13.0 Å². The van der Waals surface area contributed by atoms with Gasteiger partial charge in [0.15, 0.2) is 11.4 Å². The SMILES string of the molecule is N#Cc1ccc(CNC(=O)c2ncc3nc(N4CC[C@H](C(N)=O)C4)ccc3c2O)cn1. The zero-order chi connectivity index (χ0) is 22.0. The Morgan fingerprint density at radius 1 is 1.26 bits per heavy atom. The molecule has 2 amide bonds. The van der Waals surface area contributed by atoms with Gasteiger partial charge >= 0.3 is 0 Å². The summed E-state index contributed by atoms with van der Waals surface area (Å²) in [6.45, 7) is 1.33. The van der Waals surface area contributed by atoms with Crippen LogP contribution in [-0.2, 0) is 11.3 Å². The number of primary amides is 1. The van der Waals surface area contributed by atoms with Crippen LogP contribution in [0.5, 0.6) is 5.75 Å². The Kier molecular flexibility index (Phi) is 5.32. The topological polar surface area (TPSA) is 158 Å². The molecule has 3 aromatic rings. The first-order valence-electron chi connectivity index (χ1n) is 9.62. The number of nitriles is 1. The third kappa shape index (κ3) is 4.06. The highest BCUT2D eigenvalue weighted by molar-refractivity contribution is 6.00. The molecule has 0 radical (unpaired) electrons. The van der Waals surface area contributed by atoms with Gasteiger partial charge in [0.25, 0.3) is 5.91 Å². The molecule has 156 valence electrons. The normalized spacial score (nSPS) is 15.6. The van der Waals surface area contributed by atoms with Gasteiger partial charge in [-0.3, -0.25) is 9.59 Å². The van der Waals surface area contributed by atoms with Crippen molar-refractivity contribution in [1.82, 2.24) is 20.3 Å². The third-order valence-electron chi connectivity index (χ3n) is 5.23. The Labute approximate surface area is 177 Å². The van der Waals surface area contributed by atoms with Gasteiger partial charge in [-0.1, -0.05) is 6.07 Å². The summed E-state index contributed by atoms with van der Waals surface area (Å²) in [6.07, 6.45) is 3.60. The van der Waals surface area contributed by atoms with Crippen LogP contribution in [0.25, 0.3) is 10.9 Å². The minimum absolute atomic E-state index is 0.112. The van der Waals surface area contributed by atoms with Crippen LogP contribution >= 0.6 is 0 Å². The van der Waals surface area contributed by atoms with Crippen molar-refractivity contribution >= 4 is 28.5 Å². The minimum atomic E-state index is -0.545. The molecule has 4 N–H and O–H groups in total. The fourth-order valence-electron chi connectivity index (χ4n) is 3.48. The van der Waals surface area contributed by atoms with E-state index in [1.807, 2.05) is 11.0 Å². The number of hydrogen-bond acceptors (Lipinski definition) is 8. The predicted molar refractivity (Wildman–Crippen MR) is 111 cm³/mol. The van der Waals surface area contributed by atoms with Crippen LogP contribution in [-0.4, -0.2) is 45.0 Å². The standard InChI is InChI=1S/C21H19N7O3/c22-7-14-2-1-12(8-24-14)9-26-21(31)18-19(29)15-3-4-17(27-16(15)10-25-18)28-6-5-13(11-28)20(23)30/h1-4,8,10,13,29H,5-6,9,11H2,(H2,23,30)(H,26,31)/t13-/m0/s1. The monoisotopic (exact) mass is 417 g/mol. The summed E-state index contributed by atoms with van der Waals surface area (Å²) in [4.78, 5) is 38.4. The molecule has 10 nitrogen and oxygen atoms in total. The minimum Gasteiger partial charge on any atom is -0.505 e. The first-order chi connectivity index (χ1) is 15.0. The number of amides is 2. The Morgan fingerprint density at radius 3 is 2.77 bits per heavy atom. The second-order valence-electron chi connectivity index (χ2n) is 7.24. The highest BCUT2D eigenvalue weighted by Gasteiger charge is 2.27. The molecule has 3 aromatic heterocycles. The molecule has 0 aromatic carbocycles. The zero-order valence-corrected chi connectivity index (χ0v) is 16.4. The average Bonchev–Trinajstić information content (AvgIpc) is 3.28. The highest BCUT2D eigenvalue weighted by Crippen LogP contribution is 2.29. The van der Waals surface area contributed by atoms with Crippen LogP contribution in [0.1, 0.15) is 28.2 Å². The van der Waals surface area contributed by atoms with E-state index in [1.165, 1.54) is 12.4 Å². The van der Waals surface area contributed by atoms with E-state index in [4.69, 9.17) is 11.0 Å². The molecule has 4 rings (SSSR count). The first-order valence-corrected chi connectivity index (χ1v) is 9.62. The fraction of sp³-hybridized carbons (Fsp3) is 0.238. The molecule has 1 aliphatic rings. The second-order valence-corrected chi connectivity index (χ2v) is 7.24. The summed E-state index contributed by atoms with van der Waals surface area (Å²) < 4.78 is 0. The molecule has 0 spiro atoms. The lowest BCUT2D eigenvalue weighted by Gasteiger charge is -2.17. The van der Waals surface area contributed by atoms with Crippen LogP contribution in [0.15, 0.2) is 36.7 Å². The Hall–Kier alpha value is -4.26. The summed E-state index contributed by atoms with van der Waals surface area (Å²) in [5, 5.41) is 22.4. The summed E-state index contributed by atoms with van der Waals surface area (Å²) in [5.41, 5.74) is 6.70. The molecule has 1 aliphatic heterocycles. The molecule has 31 heavy (non-hydrogen) atoms. The maximum Gasteiger partial charge on any atom is 0.274 e. The molecule has 10 heteroatoms. The molecule has 1 atom stereocenters. The second kappa shape index (κ2) is 8.23. The summed E-state index contributed by atoms with van der Waals surface area (Å²) in [7, 11) is 0. The van der Waals surface area contributed by atoms with Gasteiger partial charge in [0.05, 0.1) is 17.6 Å². The molecular formula is C21H19N7O3. The van der Waals surface area contributed by atoms with E-state index in [9.17, 15) is 14.7 Å². The van der Waals surface area contributed by atoms with Crippen molar-refractivity contribution in [2.24, 2.45) is 11.7 Å². The lowest BCUT2D eigenvalue weighted by molar-refractivity contribution is -0.121. The molecule has 0 unspecified atom stereocenters. The fourth-order valence-corrected chi connectivity index (χ4v) is 3.48. The van der Waals surface area contributed by atoms with Gasteiger partial charge in [-0.15, -0.1) is 0 Å². The largest absolute Gasteiger partial charge is 0.505 e. The van der Waals surface area contributed by atoms with Crippen molar-refractivity contribution in [2.75, 3.05) is 18.0 Å². The van der Waals surface area contributed by atoms with E-state index >= 15 is 0 Å². The Balaban J connectivity index is 1.50. The van der Waals surface area contributed by atoms with Gasteiger partial charge in [0.2, 0.25) is 5.91 Å². The van der Waals surface area contributed by atoms with E-state index in [0.717, 1.165) is 0 Å². The number of carbonyl (C=O) groups excluding carboxylic acids is 2. The molecule has 4 heterocycles. The zero-order valence-electron chi connectivity index (χ0n) is 16.4. The summed E-state index contributed by atoms with van der Waals surface area (Å²) >= 11 is 0. The van der Waals surface area contributed by atoms with Gasteiger partial charge in [-0.05, 0) is 30.2 Å². The van der Waals surface area contributed by atoms with Crippen molar-refractivity contribution in [3.8, 4) is 11.8 Å². The van der Waals surface area contributed by atoms with Gasteiger partial charge in [0.1, 0.15) is 17.6 Å². The van der Waals surface area contributed by atoms with E-state index < -0.39 is 5.91 Å². The number of pyridine rings is 3. The maximum absolute atomic E-state index is 12.5. The van der Waals surface area contributed by atoms with Crippen molar-refractivity contribution < 1.29 is 14.7 Å². The lowest BCUT2D eigenvalue weighted by atomic mass is 10.1. The van der Waals surface area contributed by atoms with Crippen LogP contribution in [0.2, 0.25) is 0 Å². The van der Waals surface area contributed by atoms with E-state index in [0.29, 0.717) is 41.8 Å². The van der Waals surface area contributed by atoms with Crippen LogP contribution < -0.4 is 16.0 Å². The Bertz CT molecular complexity index is 1200. The number of anilines is 1. The summed E-state index contributed by atoms with van der Waals surface area (Å²) in [5.74, 6) is -0.681. The Morgan fingerprint density at radius 2 is 2.10 bits per heavy atom. The lowest BCUT2D eigenvalue weighted by Crippen LogP contribution is -2.27. The van der Waals surface area contributed by atoms with E-state index in [-0.39, 0.29) is 35.5 Å². The number of nitrogens with zero attached hydrogens (tertiary/aromatic N) is 5. The van der Waals surface area contributed by atoms with Crippen LogP contribution in [0.4, 0.5) is 5.82 Å². The average molecular weight is 417 g/mol. The van der Waals surface area contributed by atoms with Crippen molar-refractivity contribution in [1.29, 1.82) is 5.26 Å². The van der Waals surface area contributed by atoms with Gasteiger partial charge in [-0.2, -0.15) is 5.26 Å². The third-order valence-corrected chi connectivity index (χ3v) is 5.23. The van der Waals surface area contributed by atoms with Gasteiger partial charge < -0.3 is 21.1 Å². The van der Waals surface area contributed by atoms with Crippen molar-refractivity contribution in [3.05, 3.63) is 53.6 Å². The molecule has 0 bridgehead atoms. The van der Waals surface area contributed by atoms with Crippen LogP contribution in [0.3, 0.4) is 0 Å². The molecule has 0 saturated carbocycles. The maximum atomic E-state index is 12.5. The highest BCUT2D eigenvalue weighted by atomic mass is 16.3. The van der Waals surface area contributed by atoms with Crippen molar-refractivity contribution in [3.63, 3.8) is 0 Å². The number of rotatable bonds is 5. The smallest absolute Gasteiger partial charge is 0.274 e. The van der Waals surface area contributed by atoms with E-state index in [2.05, 4.69) is 20.3 Å². The molecule has 0 aliphatic carbocycles. The predicted octanol–water partition coefficient (Wildman–Crippen LogP) is 0.844. The number of fused-ring (bicyclic) bond motifs is 1. The molecular weight excluding hydrogens is 398 g/mol. The van der Waals surface area contributed by atoms with Crippen LogP contribution in [0, 0.1) is 17.2 Å². The van der Waals surface area contributed by atoms with Gasteiger partial charge in [-0.25, -0.2) is 15.0 Å².